The van der Waals surface area contributed by atoms with E-state index in [1.165, 1.54) is 6.07 Å². The lowest BCUT2D eigenvalue weighted by Gasteiger charge is -2.13. The van der Waals surface area contributed by atoms with Gasteiger partial charge in [-0.15, -0.1) is 0 Å². The number of methoxy groups -OCH3 is 1. The number of aromatic carboxylic acids is 1. The smallest absolute Gasteiger partial charge is 0.371 e. The number of carboxylic acid groups (broad SMARTS) is 1. The zero-order chi connectivity index (χ0) is 14.5. The van der Waals surface area contributed by atoms with E-state index < -0.39 is 5.97 Å². The van der Waals surface area contributed by atoms with E-state index in [0.717, 1.165) is 11.3 Å². The number of nitrogens with one attached hydrogen (secondary N) is 1. The second-order valence-electron chi connectivity index (χ2n) is 4.45. The fraction of sp³-hybridized carbons (Fsp3) is 0.267. The Labute approximate surface area is 117 Å². The molecule has 0 fully saturated rings. The molecule has 106 valence electrons. The normalized spacial score (nSPS) is 12.1. The molecule has 0 spiro atoms. The minimum absolute atomic E-state index is 0.0427. The maximum absolute atomic E-state index is 10.7. The van der Waals surface area contributed by atoms with Crippen LogP contribution in [0.3, 0.4) is 0 Å². The Morgan fingerprint density at radius 3 is 2.55 bits per heavy atom. The van der Waals surface area contributed by atoms with Crippen molar-refractivity contribution in [2.75, 3.05) is 7.11 Å². The van der Waals surface area contributed by atoms with Gasteiger partial charge in [0.1, 0.15) is 11.5 Å². The Morgan fingerprint density at radius 1 is 1.30 bits per heavy atom. The third kappa shape index (κ3) is 3.39. The van der Waals surface area contributed by atoms with E-state index in [2.05, 4.69) is 5.32 Å². The van der Waals surface area contributed by atoms with Crippen LogP contribution in [-0.4, -0.2) is 18.2 Å². The molecule has 0 unspecified atom stereocenters. The van der Waals surface area contributed by atoms with Gasteiger partial charge in [0.25, 0.3) is 0 Å². The minimum Gasteiger partial charge on any atom is -0.497 e. The fourth-order valence-corrected chi connectivity index (χ4v) is 1.85. The molecule has 20 heavy (non-hydrogen) atoms. The molecule has 1 heterocycles. The van der Waals surface area contributed by atoms with Crippen molar-refractivity contribution >= 4 is 5.97 Å². The molecule has 5 heteroatoms. The monoisotopic (exact) mass is 275 g/mol. The molecule has 0 aliphatic heterocycles. The third-order valence-corrected chi connectivity index (χ3v) is 3.07. The molecule has 2 N–H and O–H groups in total. The summed E-state index contributed by atoms with van der Waals surface area (Å²) >= 11 is 0. The molecule has 5 nitrogen and oxygen atoms in total. The molecule has 1 atom stereocenters. The molecule has 1 aromatic carbocycles. The SMILES string of the molecule is COc1ccc([C@H](C)NCc2ccc(C(=O)O)o2)cc1. The van der Waals surface area contributed by atoms with Crippen molar-refractivity contribution in [1.29, 1.82) is 0 Å². The summed E-state index contributed by atoms with van der Waals surface area (Å²) in [6, 6.07) is 11.0. The summed E-state index contributed by atoms with van der Waals surface area (Å²) < 4.78 is 10.3. The van der Waals surface area contributed by atoms with Gasteiger partial charge in [0.15, 0.2) is 0 Å². The number of carbonyl (C=O) groups is 1. The number of benzene rings is 1. The quantitative estimate of drug-likeness (QED) is 0.848. The summed E-state index contributed by atoms with van der Waals surface area (Å²) in [6.07, 6.45) is 0. The summed E-state index contributed by atoms with van der Waals surface area (Å²) in [5.41, 5.74) is 1.12. The predicted octanol–water partition coefficient (Wildman–Crippen LogP) is 2.84. The predicted molar refractivity (Wildman–Crippen MR) is 73.9 cm³/mol. The van der Waals surface area contributed by atoms with Crippen molar-refractivity contribution in [1.82, 2.24) is 5.32 Å². The molecular weight excluding hydrogens is 258 g/mol. The molecule has 0 aliphatic rings. The van der Waals surface area contributed by atoms with Crippen LogP contribution in [0.5, 0.6) is 5.75 Å². The molecule has 0 amide bonds. The van der Waals surface area contributed by atoms with Gasteiger partial charge in [-0.25, -0.2) is 4.79 Å². The lowest BCUT2D eigenvalue weighted by molar-refractivity contribution is 0.0660. The Bertz CT molecular complexity index is 574. The van der Waals surface area contributed by atoms with Gasteiger partial charge in [-0.2, -0.15) is 0 Å². The molecule has 0 saturated carbocycles. The van der Waals surface area contributed by atoms with Crippen LogP contribution in [0.25, 0.3) is 0 Å². The Hall–Kier alpha value is -2.27. The first-order valence-electron chi connectivity index (χ1n) is 6.29. The van der Waals surface area contributed by atoms with Crippen molar-refractivity contribution in [3.8, 4) is 5.75 Å². The molecule has 0 saturated heterocycles. The van der Waals surface area contributed by atoms with E-state index in [4.69, 9.17) is 14.3 Å². The van der Waals surface area contributed by atoms with Crippen molar-refractivity contribution in [3.05, 3.63) is 53.5 Å². The largest absolute Gasteiger partial charge is 0.497 e. The van der Waals surface area contributed by atoms with Gasteiger partial charge in [0.05, 0.1) is 13.7 Å². The summed E-state index contributed by atoms with van der Waals surface area (Å²) in [5.74, 6) is 0.319. The lowest BCUT2D eigenvalue weighted by atomic mass is 10.1. The van der Waals surface area contributed by atoms with Crippen LogP contribution in [0, 0.1) is 0 Å². The van der Waals surface area contributed by atoms with Gasteiger partial charge in [-0.3, -0.25) is 0 Å². The maximum Gasteiger partial charge on any atom is 0.371 e. The van der Waals surface area contributed by atoms with Crippen LogP contribution in [0.2, 0.25) is 0 Å². The van der Waals surface area contributed by atoms with Crippen LogP contribution in [0.1, 0.15) is 34.8 Å². The molecule has 2 aromatic rings. The summed E-state index contributed by atoms with van der Waals surface area (Å²) in [4.78, 5) is 10.7. The van der Waals surface area contributed by atoms with Gasteiger partial charge < -0.3 is 19.6 Å². The van der Waals surface area contributed by atoms with Crippen molar-refractivity contribution in [2.24, 2.45) is 0 Å². The average Bonchev–Trinajstić information content (AvgIpc) is 2.94. The molecule has 0 aliphatic carbocycles. The molecule has 2 rings (SSSR count). The van der Waals surface area contributed by atoms with E-state index in [9.17, 15) is 4.79 Å². The van der Waals surface area contributed by atoms with Gasteiger partial charge in [0, 0.05) is 6.04 Å². The van der Waals surface area contributed by atoms with E-state index in [-0.39, 0.29) is 11.8 Å². The van der Waals surface area contributed by atoms with E-state index in [1.54, 1.807) is 13.2 Å². The highest BCUT2D eigenvalue weighted by Gasteiger charge is 2.10. The second kappa shape index (κ2) is 6.25. The molecular formula is C15H17NO4. The first-order chi connectivity index (χ1) is 9.60. The highest BCUT2D eigenvalue weighted by Crippen LogP contribution is 2.18. The van der Waals surface area contributed by atoms with Crippen LogP contribution in [0.15, 0.2) is 40.8 Å². The average molecular weight is 275 g/mol. The van der Waals surface area contributed by atoms with Crippen molar-refractivity contribution in [2.45, 2.75) is 19.5 Å². The summed E-state index contributed by atoms with van der Waals surface area (Å²) in [6.45, 7) is 2.50. The van der Waals surface area contributed by atoms with Gasteiger partial charge in [0.2, 0.25) is 5.76 Å². The van der Waals surface area contributed by atoms with Gasteiger partial charge in [-0.1, -0.05) is 12.1 Å². The number of rotatable bonds is 6. The Morgan fingerprint density at radius 2 is 2.00 bits per heavy atom. The van der Waals surface area contributed by atoms with Crippen LogP contribution in [-0.2, 0) is 6.54 Å². The highest BCUT2D eigenvalue weighted by atomic mass is 16.5. The molecule has 1 aromatic heterocycles. The van der Waals surface area contributed by atoms with Crippen molar-refractivity contribution < 1.29 is 19.1 Å². The molecule has 0 bridgehead atoms. The fourth-order valence-electron chi connectivity index (χ4n) is 1.85. The minimum atomic E-state index is -1.06. The van der Waals surface area contributed by atoms with Gasteiger partial charge >= 0.3 is 5.97 Å². The summed E-state index contributed by atoms with van der Waals surface area (Å²) in [5, 5.41) is 12.1. The lowest BCUT2D eigenvalue weighted by Crippen LogP contribution is -2.17. The third-order valence-electron chi connectivity index (χ3n) is 3.07. The number of carboxylic acids is 1. The Kier molecular flexibility index (Phi) is 4.42. The highest BCUT2D eigenvalue weighted by molar-refractivity contribution is 5.84. The van der Waals surface area contributed by atoms with Gasteiger partial charge in [-0.05, 0) is 36.8 Å². The van der Waals surface area contributed by atoms with E-state index >= 15 is 0 Å². The first kappa shape index (κ1) is 14.1. The number of hydrogen-bond donors (Lipinski definition) is 2. The van der Waals surface area contributed by atoms with Crippen LogP contribution >= 0.6 is 0 Å². The number of ether oxygens (including phenoxy) is 1. The van der Waals surface area contributed by atoms with E-state index in [0.29, 0.717) is 12.3 Å². The molecule has 0 radical (unpaired) electrons. The number of furan rings is 1. The Balaban J connectivity index is 1.93. The maximum atomic E-state index is 10.7. The number of hydrogen-bond acceptors (Lipinski definition) is 4. The summed E-state index contributed by atoms with van der Waals surface area (Å²) in [7, 11) is 1.63. The van der Waals surface area contributed by atoms with Crippen molar-refractivity contribution in [3.63, 3.8) is 0 Å². The van der Waals surface area contributed by atoms with Crippen LogP contribution < -0.4 is 10.1 Å². The second-order valence-corrected chi connectivity index (χ2v) is 4.45. The zero-order valence-corrected chi connectivity index (χ0v) is 11.4. The van der Waals surface area contributed by atoms with Crippen LogP contribution in [0.4, 0.5) is 0 Å². The topological polar surface area (TPSA) is 71.7 Å². The standard InChI is InChI=1S/C15H17NO4/c1-10(11-3-5-12(19-2)6-4-11)16-9-13-7-8-14(20-13)15(17)18/h3-8,10,16H,9H2,1-2H3,(H,17,18)/t10-/m0/s1. The first-order valence-corrected chi connectivity index (χ1v) is 6.29. The van der Waals surface area contributed by atoms with E-state index in [1.807, 2.05) is 31.2 Å². The zero-order valence-electron chi connectivity index (χ0n) is 11.4.